The number of aliphatic hydroxyl groups excluding tert-OH is 1. The van der Waals surface area contributed by atoms with Gasteiger partial charge in [-0.25, -0.2) is 13.1 Å². The fourth-order valence-electron chi connectivity index (χ4n) is 0.903. The van der Waals surface area contributed by atoms with Crippen LogP contribution in [-0.2, 0) is 10.0 Å². The SMILES string of the molecule is CCC(C#N)S(=O)(=O)NC(C)(C)C(C)O. The maximum absolute atomic E-state index is 11.7. The van der Waals surface area contributed by atoms with Crippen molar-refractivity contribution in [3.05, 3.63) is 0 Å². The van der Waals surface area contributed by atoms with Crippen LogP contribution in [0, 0.1) is 11.3 Å². The quantitative estimate of drug-likeness (QED) is 0.719. The van der Waals surface area contributed by atoms with Gasteiger partial charge in [0.2, 0.25) is 10.0 Å². The molecule has 0 saturated carbocycles. The molecule has 0 aromatic carbocycles. The molecule has 2 atom stereocenters. The van der Waals surface area contributed by atoms with E-state index in [2.05, 4.69) is 4.72 Å². The van der Waals surface area contributed by atoms with Crippen molar-refractivity contribution in [3.63, 3.8) is 0 Å². The molecule has 6 heteroatoms. The van der Waals surface area contributed by atoms with E-state index < -0.39 is 26.9 Å². The maximum Gasteiger partial charge on any atom is 0.228 e. The van der Waals surface area contributed by atoms with Gasteiger partial charge in [0.25, 0.3) is 0 Å². The third-order valence-electron chi connectivity index (χ3n) is 2.34. The molecule has 0 spiro atoms. The lowest BCUT2D eigenvalue weighted by Crippen LogP contribution is -2.53. The molecular weight excluding hydrogens is 216 g/mol. The van der Waals surface area contributed by atoms with Crippen molar-refractivity contribution >= 4 is 10.0 Å². The van der Waals surface area contributed by atoms with Crippen LogP contribution in [0.4, 0.5) is 0 Å². The van der Waals surface area contributed by atoms with Crippen molar-refractivity contribution in [1.29, 1.82) is 5.26 Å². The van der Waals surface area contributed by atoms with E-state index in [0.29, 0.717) is 0 Å². The van der Waals surface area contributed by atoms with Crippen LogP contribution in [-0.4, -0.2) is 30.4 Å². The number of hydrogen-bond acceptors (Lipinski definition) is 4. The van der Waals surface area contributed by atoms with Crippen LogP contribution >= 0.6 is 0 Å². The van der Waals surface area contributed by atoms with Gasteiger partial charge in [-0.15, -0.1) is 0 Å². The van der Waals surface area contributed by atoms with Gasteiger partial charge in [0.1, 0.15) is 0 Å². The fourth-order valence-corrected chi connectivity index (χ4v) is 2.53. The van der Waals surface area contributed by atoms with E-state index in [1.54, 1.807) is 26.8 Å². The minimum atomic E-state index is -3.70. The first kappa shape index (κ1) is 14.4. The van der Waals surface area contributed by atoms with E-state index in [1.165, 1.54) is 6.92 Å². The van der Waals surface area contributed by atoms with Gasteiger partial charge < -0.3 is 5.11 Å². The molecule has 0 aliphatic carbocycles. The Balaban J connectivity index is 4.89. The molecule has 0 heterocycles. The van der Waals surface area contributed by atoms with Crippen LogP contribution in [0.15, 0.2) is 0 Å². The van der Waals surface area contributed by atoms with Gasteiger partial charge in [-0.3, -0.25) is 0 Å². The number of sulfonamides is 1. The normalized spacial score (nSPS) is 16.8. The van der Waals surface area contributed by atoms with Crippen LogP contribution in [0.1, 0.15) is 34.1 Å². The van der Waals surface area contributed by atoms with Crippen LogP contribution in [0.2, 0.25) is 0 Å². The number of aliphatic hydroxyl groups is 1. The summed E-state index contributed by atoms with van der Waals surface area (Å²) in [6.07, 6.45) is -0.606. The second-order valence-corrected chi connectivity index (χ2v) is 5.93. The van der Waals surface area contributed by atoms with Gasteiger partial charge in [0.15, 0.2) is 5.25 Å². The molecule has 15 heavy (non-hydrogen) atoms. The first-order valence-electron chi connectivity index (χ1n) is 4.78. The highest BCUT2D eigenvalue weighted by molar-refractivity contribution is 7.90. The van der Waals surface area contributed by atoms with Crippen LogP contribution in [0.25, 0.3) is 0 Å². The fraction of sp³-hybridized carbons (Fsp3) is 0.889. The molecule has 0 fully saturated rings. The van der Waals surface area contributed by atoms with Crippen LogP contribution < -0.4 is 4.72 Å². The molecule has 2 unspecified atom stereocenters. The average molecular weight is 234 g/mol. The van der Waals surface area contributed by atoms with Gasteiger partial charge in [-0.2, -0.15) is 5.26 Å². The molecule has 0 amide bonds. The molecule has 5 nitrogen and oxygen atoms in total. The predicted octanol–water partition coefficient (Wildman–Crippen LogP) is 0.367. The number of nitrogens with zero attached hydrogens (tertiary/aromatic N) is 1. The Bertz CT molecular complexity index is 341. The van der Waals surface area contributed by atoms with Gasteiger partial charge in [0, 0.05) is 0 Å². The van der Waals surface area contributed by atoms with Gasteiger partial charge in [-0.05, 0) is 27.2 Å². The zero-order valence-corrected chi connectivity index (χ0v) is 10.3. The van der Waals surface area contributed by atoms with Gasteiger partial charge in [-0.1, -0.05) is 6.92 Å². The Morgan fingerprint density at radius 3 is 2.27 bits per heavy atom. The Kier molecular flexibility index (Phi) is 4.71. The Labute approximate surface area is 91.2 Å². The lowest BCUT2D eigenvalue weighted by Gasteiger charge is -2.29. The summed E-state index contributed by atoms with van der Waals surface area (Å²) in [6, 6.07) is 1.72. The Morgan fingerprint density at radius 1 is 1.53 bits per heavy atom. The first-order chi connectivity index (χ1) is 6.67. The molecule has 0 radical (unpaired) electrons. The highest BCUT2D eigenvalue weighted by atomic mass is 32.2. The van der Waals surface area contributed by atoms with E-state index in [-0.39, 0.29) is 6.42 Å². The second kappa shape index (κ2) is 4.92. The monoisotopic (exact) mass is 234 g/mol. The largest absolute Gasteiger partial charge is 0.391 e. The number of nitrogens with one attached hydrogen (secondary N) is 1. The summed E-state index contributed by atoms with van der Waals surface area (Å²) in [6.45, 7) is 6.26. The third kappa shape index (κ3) is 3.78. The zero-order valence-electron chi connectivity index (χ0n) is 9.48. The second-order valence-electron chi connectivity index (χ2n) is 4.07. The molecule has 0 aromatic rings. The summed E-state index contributed by atoms with van der Waals surface area (Å²) in [5, 5.41) is 17.0. The van der Waals surface area contributed by atoms with Crippen molar-refractivity contribution < 1.29 is 13.5 Å². The summed E-state index contributed by atoms with van der Waals surface area (Å²) < 4.78 is 25.7. The number of hydrogen-bond donors (Lipinski definition) is 2. The summed E-state index contributed by atoms with van der Waals surface area (Å²) >= 11 is 0. The van der Waals surface area contributed by atoms with E-state index in [4.69, 9.17) is 5.26 Å². The lowest BCUT2D eigenvalue weighted by molar-refractivity contribution is 0.111. The molecule has 0 aromatic heterocycles. The Hall–Kier alpha value is -0.640. The molecule has 0 aliphatic rings. The van der Waals surface area contributed by atoms with Crippen molar-refractivity contribution in [2.45, 2.75) is 51.0 Å². The highest BCUT2D eigenvalue weighted by Crippen LogP contribution is 2.13. The molecule has 88 valence electrons. The molecule has 0 bridgehead atoms. The summed E-state index contributed by atoms with van der Waals surface area (Å²) in [5.41, 5.74) is -0.969. The van der Waals surface area contributed by atoms with Crippen molar-refractivity contribution in [3.8, 4) is 6.07 Å². The summed E-state index contributed by atoms with van der Waals surface area (Å²) in [4.78, 5) is 0. The van der Waals surface area contributed by atoms with E-state index >= 15 is 0 Å². The number of rotatable bonds is 5. The highest BCUT2D eigenvalue weighted by Gasteiger charge is 2.33. The maximum atomic E-state index is 11.7. The minimum absolute atomic E-state index is 0.224. The molecule has 0 saturated heterocycles. The molecule has 0 rings (SSSR count). The zero-order chi connectivity index (χ0) is 12.3. The minimum Gasteiger partial charge on any atom is -0.391 e. The summed E-state index contributed by atoms with van der Waals surface area (Å²) in [5.74, 6) is 0. The smallest absolute Gasteiger partial charge is 0.228 e. The van der Waals surface area contributed by atoms with Crippen molar-refractivity contribution in [1.82, 2.24) is 4.72 Å². The van der Waals surface area contributed by atoms with E-state index in [1.807, 2.05) is 0 Å². The average Bonchev–Trinajstić information content (AvgIpc) is 2.03. The molecule has 2 N–H and O–H groups in total. The molecular formula is C9H18N2O3S. The van der Waals surface area contributed by atoms with Gasteiger partial charge in [0.05, 0.1) is 17.7 Å². The predicted molar refractivity (Wildman–Crippen MR) is 57.5 cm³/mol. The Morgan fingerprint density at radius 2 is 2.00 bits per heavy atom. The van der Waals surface area contributed by atoms with E-state index in [9.17, 15) is 13.5 Å². The lowest BCUT2D eigenvalue weighted by atomic mass is 10.0. The van der Waals surface area contributed by atoms with Crippen LogP contribution in [0.5, 0.6) is 0 Å². The van der Waals surface area contributed by atoms with Gasteiger partial charge >= 0.3 is 0 Å². The third-order valence-corrected chi connectivity index (χ3v) is 4.34. The summed E-state index contributed by atoms with van der Waals surface area (Å²) in [7, 11) is -3.70. The first-order valence-corrected chi connectivity index (χ1v) is 6.32. The molecule has 0 aliphatic heterocycles. The standard InChI is InChI=1S/C9H18N2O3S/c1-5-8(6-10)15(13,14)11-9(3,4)7(2)12/h7-8,11-12H,5H2,1-4H3. The number of nitriles is 1. The van der Waals surface area contributed by atoms with Crippen LogP contribution in [0.3, 0.4) is 0 Å². The van der Waals surface area contributed by atoms with Crippen molar-refractivity contribution in [2.75, 3.05) is 0 Å². The van der Waals surface area contributed by atoms with Crippen molar-refractivity contribution in [2.24, 2.45) is 0 Å². The topological polar surface area (TPSA) is 90.2 Å². The van der Waals surface area contributed by atoms with E-state index in [0.717, 1.165) is 0 Å².